The van der Waals surface area contributed by atoms with Gasteiger partial charge >= 0.3 is 0 Å². The van der Waals surface area contributed by atoms with Crippen molar-refractivity contribution in [3.05, 3.63) is 16.6 Å². The van der Waals surface area contributed by atoms with Crippen molar-refractivity contribution < 1.29 is 0 Å². The van der Waals surface area contributed by atoms with Gasteiger partial charge in [-0.3, -0.25) is 14.8 Å². The molecule has 1 unspecified atom stereocenters. The van der Waals surface area contributed by atoms with E-state index in [9.17, 15) is 0 Å². The first-order chi connectivity index (χ1) is 8.42. The van der Waals surface area contributed by atoms with Crippen LogP contribution in [0.2, 0.25) is 0 Å². The monoisotopic (exact) mass is 252 g/mol. The third-order valence-corrected chi connectivity index (χ3v) is 4.54. The van der Waals surface area contributed by atoms with Crippen LogP contribution < -0.4 is 5.32 Å². The fraction of sp³-hybridized carbons (Fsp3) is 0.750. The number of piperazine rings is 1. The van der Waals surface area contributed by atoms with Gasteiger partial charge in [-0.25, -0.2) is 0 Å². The van der Waals surface area contributed by atoms with Gasteiger partial charge in [-0.05, 0) is 6.42 Å². The minimum atomic E-state index is 0.782. The van der Waals surface area contributed by atoms with Gasteiger partial charge in [0, 0.05) is 62.9 Å². The molecule has 0 amide bonds. The predicted octanol–water partition coefficient (Wildman–Crippen LogP) is 0.623. The van der Waals surface area contributed by atoms with Crippen LogP contribution in [0.25, 0.3) is 0 Å². The lowest BCUT2D eigenvalue weighted by molar-refractivity contribution is 0.170. The van der Waals surface area contributed by atoms with Gasteiger partial charge in [0.15, 0.2) is 0 Å². The SMILES string of the molecule is c1ncc(CN2CCC(N3CCNCC3)C2)s1. The molecule has 2 aliphatic heterocycles. The molecule has 2 saturated heterocycles. The molecule has 0 saturated carbocycles. The van der Waals surface area contributed by atoms with E-state index in [0.717, 1.165) is 25.7 Å². The van der Waals surface area contributed by atoms with E-state index in [2.05, 4.69) is 20.1 Å². The number of nitrogens with one attached hydrogen (secondary N) is 1. The van der Waals surface area contributed by atoms with E-state index in [-0.39, 0.29) is 0 Å². The highest BCUT2D eigenvalue weighted by Crippen LogP contribution is 2.19. The number of rotatable bonds is 3. The number of likely N-dealkylation sites (tertiary alicyclic amines) is 1. The molecule has 3 rings (SSSR count). The highest BCUT2D eigenvalue weighted by Gasteiger charge is 2.28. The summed E-state index contributed by atoms with van der Waals surface area (Å²) in [5.74, 6) is 0. The average molecular weight is 252 g/mol. The van der Waals surface area contributed by atoms with Gasteiger partial charge in [0.1, 0.15) is 0 Å². The van der Waals surface area contributed by atoms with E-state index in [1.165, 1.54) is 37.5 Å². The van der Waals surface area contributed by atoms with E-state index in [1.54, 1.807) is 11.3 Å². The quantitative estimate of drug-likeness (QED) is 0.855. The molecule has 17 heavy (non-hydrogen) atoms. The minimum Gasteiger partial charge on any atom is -0.314 e. The van der Waals surface area contributed by atoms with Gasteiger partial charge in [0.25, 0.3) is 0 Å². The summed E-state index contributed by atoms with van der Waals surface area (Å²) in [6, 6.07) is 0.782. The summed E-state index contributed by atoms with van der Waals surface area (Å²) in [5, 5.41) is 3.42. The average Bonchev–Trinajstić information content (AvgIpc) is 3.02. The molecule has 1 N–H and O–H groups in total. The molecule has 2 aliphatic rings. The Kier molecular flexibility index (Phi) is 3.71. The van der Waals surface area contributed by atoms with Crippen molar-refractivity contribution in [3.8, 4) is 0 Å². The lowest BCUT2D eigenvalue weighted by Gasteiger charge is -2.32. The van der Waals surface area contributed by atoms with Crippen molar-refractivity contribution in [2.24, 2.45) is 0 Å². The largest absolute Gasteiger partial charge is 0.314 e. The van der Waals surface area contributed by atoms with Crippen molar-refractivity contribution >= 4 is 11.3 Å². The minimum absolute atomic E-state index is 0.782. The topological polar surface area (TPSA) is 31.4 Å². The summed E-state index contributed by atoms with van der Waals surface area (Å²) in [5.41, 5.74) is 1.93. The highest BCUT2D eigenvalue weighted by atomic mass is 32.1. The Bertz CT molecular complexity index is 334. The van der Waals surface area contributed by atoms with Crippen LogP contribution in [0.1, 0.15) is 11.3 Å². The predicted molar refractivity (Wildman–Crippen MR) is 70.2 cm³/mol. The second-order valence-corrected chi connectivity index (χ2v) is 5.90. The normalized spacial score (nSPS) is 27.6. The summed E-state index contributed by atoms with van der Waals surface area (Å²) in [6.07, 6.45) is 3.33. The third kappa shape index (κ3) is 2.85. The van der Waals surface area contributed by atoms with E-state index in [4.69, 9.17) is 0 Å². The van der Waals surface area contributed by atoms with Gasteiger partial charge in [-0.15, -0.1) is 11.3 Å². The van der Waals surface area contributed by atoms with Gasteiger partial charge in [0.05, 0.1) is 5.51 Å². The Morgan fingerprint density at radius 3 is 3.00 bits per heavy atom. The third-order valence-electron chi connectivity index (χ3n) is 3.78. The molecular formula is C12H20N4S. The zero-order valence-electron chi connectivity index (χ0n) is 10.1. The zero-order valence-corrected chi connectivity index (χ0v) is 11.0. The van der Waals surface area contributed by atoms with Crippen LogP contribution in [0.5, 0.6) is 0 Å². The second-order valence-electron chi connectivity index (χ2n) is 4.93. The summed E-state index contributed by atoms with van der Waals surface area (Å²) in [4.78, 5) is 10.8. The number of hydrogen-bond donors (Lipinski definition) is 1. The highest BCUT2D eigenvalue weighted by molar-refractivity contribution is 7.09. The smallest absolute Gasteiger partial charge is 0.0794 e. The number of aromatic nitrogens is 1. The van der Waals surface area contributed by atoms with Gasteiger partial charge in [0.2, 0.25) is 0 Å². The molecule has 0 bridgehead atoms. The van der Waals surface area contributed by atoms with Crippen LogP contribution in [-0.4, -0.2) is 60.1 Å². The van der Waals surface area contributed by atoms with Crippen LogP contribution in [0, 0.1) is 0 Å². The molecule has 4 nitrogen and oxygen atoms in total. The van der Waals surface area contributed by atoms with Crippen molar-refractivity contribution in [1.82, 2.24) is 20.1 Å². The molecule has 0 aromatic carbocycles. The summed E-state index contributed by atoms with van der Waals surface area (Å²) in [7, 11) is 0. The van der Waals surface area contributed by atoms with Crippen LogP contribution in [0.4, 0.5) is 0 Å². The molecule has 1 aromatic rings. The maximum Gasteiger partial charge on any atom is 0.0794 e. The standard InChI is InChI=1S/C12H20N4S/c1-4-15(9-12-7-14-10-17-12)8-11(1)16-5-2-13-3-6-16/h7,10-11,13H,1-6,8-9H2. The van der Waals surface area contributed by atoms with Crippen molar-refractivity contribution in [2.75, 3.05) is 39.3 Å². The van der Waals surface area contributed by atoms with Crippen molar-refractivity contribution in [2.45, 2.75) is 19.0 Å². The zero-order chi connectivity index (χ0) is 11.5. The van der Waals surface area contributed by atoms with Gasteiger partial charge in [-0.2, -0.15) is 0 Å². The molecule has 0 radical (unpaired) electrons. The maximum absolute atomic E-state index is 4.15. The molecule has 3 heterocycles. The van der Waals surface area contributed by atoms with Crippen LogP contribution in [0.15, 0.2) is 11.7 Å². The van der Waals surface area contributed by atoms with Crippen molar-refractivity contribution in [3.63, 3.8) is 0 Å². The molecule has 1 atom stereocenters. The molecule has 5 heteroatoms. The number of thiazole rings is 1. The first-order valence-corrected chi connectivity index (χ1v) is 7.34. The van der Waals surface area contributed by atoms with Gasteiger partial charge in [-0.1, -0.05) is 0 Å². The van der Waals surface area contributed by atoms with Crippen molar-refractivity contribution in [1.29, 1.82) is 0 Å². The maximum atomic E-state index is 4.15. The van der Waals surface area contributed by atoms with E-state index < -0.39 is 0 Å². The Labute approximate surface area is 107 Å². The van der Waals surface area contributed by atoms with E-state index in [1.807, 2.05) is 11.7 Å². The molecular weight excluding hydrogens is 232 g/mol. The van der Waals surface area contributed by atoms with Gasteiger partial charge < -0.3 is 5.32 Å². The Balaban J connectivity index is 1.51. The Hall–Kier alpha value is -0.490. The van der Waals surface area contributed by atoms with E-state index >= 15 is 0 Å². The van der Waals surface area contributed by atoms with Crippen LogP contribution in [-0.2, 0) is 6.54 Å². The Morgan fingerprint density at radius 1 is 1.35 bits per heavy atom. The molecule has 2 fully saturated rings. The summed E-state index contributed by atoms with van der Waals surface area (Å²) >= 11 is 1.77. The lowest BCUT2D eigenvalue weighted by Crippen LogP contribution is -2.49. The molecule has 94 valence electrons. The van der Waals surface area contributed by atoms with Crippen LogP contribution >= 0.6 is 11.3 Å². The summed E-state index contributed by atoms with van der Waals surface area (Å²) in [6.45, 7) is 8.33. The number of hydrogen-bond acceptors (Lipinski definition) is 5. The lowest BCUT2D eigenvalue weighted by atomic mass is 10.2. The fourth-order valence-electron chi connectivity index (χ4n) is 2.84. The van der Waals surface area contributed by atoms with E-state index in [0.29, 0.717) is 0 Å². The molecule has 0 spiro atoms. The fourth-order valence-corrected chi connectivity index (χ4v) is 3.48. The Morgan fingerprint density at radius 2 is 2.24 bits per heavy atom. The van der Waals surface area contributed by atoms with Crippen LogP contribution in [0.3, 0.4) is 0 Å². The molecule has 1 aromatic heterocycles. The number of nitrogens with zero attached hydrogens (tertiary/aromatic N) is 3. The first kappa shape index (κ1) is 11.6. The second kappa shape index (κ2) is 5.44. The summed E-state index contributed by atoms with van der Waals surface area (Å²) < 4.78 is 0. The first-order valence-electron chi connectivity index (χ1n) is 6.46. The molecule has 0 aliphatic carbocycles.